The number of hydrogen-bond acceptors (Lipinski definition) is 3. The van der Waals surface area contributed by atoms with Gasteiger partial charge in [0.15, 0.2) is 5.84 Å². The van der Waals surface area contributed by atoms with Crippen molar-refractivity contribution in [2.45, 2.75) is 25.7 Å². The Morgan fingerprint density at radius 1 is 1.60 bits per heavy atom. The molecule has 0 bridgehead atoms. The predicted octanol–water partition coefficient (Wildman–Crippen LogP) is 0.381. The summed E-state index contributed by atoms with van der Waals surface area (Å²) in [4.78, 5) is 13.8. The summed E-state index contributed by atoms with van der Waals surface area (Å²) in [6.07, 6.45) is 3.84. The van der Waals surface area contributed by atoms with E-state index in [2.05, 4.69) is 5.16 Å². The minimum atomic E-state index is -0.682. The molecule has 0 aliphatic heterocycles. The molecule has 0 aromatic carbocycles. The highest BCUT2D eigenvalue weighted by Crippen LogP contribution is 2.47. The van der Waals surface area contributed by atoms with Crippen molar-refractivity contribution in [2.24, 2.45) is 22.2 Å². The van der Waals surface area contributed by atoms with Crippen LogP contribution in [-0.4, -0.2) is 35.4 Å². The first kappa shape index (κ1) is 10.3. The molecule has 0 aromatic rings. The molecule has 0 atom stereocenters. The number of amides is 1. The number of hydrogen-bond donors (Lipinski definition) is 2. The fourth-order valence-corrected chi connectivity index (χ4v) is 1.94. The summed E-state index contributed by atoms with van der Waals surface area (Å²) < 4.78 is 0. The summed E-state index contributed by atoms with van der Waals surface area (Å²) in [5, 5.41) is 11.6. The molecule has 15 heavy (non-hydrogen) atoms. The molecule has 0 spiro atoms. The Hall–Kier alpha value is -1.26. The molecule has 0 heterocycles. The van der Waals surface area contributed by atoms with Gasteiger partial charge >= 0.3 is 0 Å². The van der Waals surface area contributed by atoms with Gasteiger partial charge in [-0.1, -0.05) is 5.16 Å². The third kappa shape index (κ3) is 1.78. The van der Waals surface area contributed by atoms with Gasteiger partial charge in [-0.15, -0.1) is 0 Å². The highest BCUT2D eigenvalue weighted by atomic mass is 16.4. The Morgan fingerprint density at radius 3 is 2.60 bits per heavy atom. The van der Waals surface area contributed by atoms with E-state index in [9.17, 15) is 4.79 Å². The lowest BCUT2D eigenvalue weighted by Gasteiger charge is -2.22. The topological polar surface area (TPSA) is 78.9 Å². The zero-order valence-corrected chi connectivity index (χ0v) is 8.94. The maximum atomic E-state index is 12.0. The molecule has 1 amide bonds. The molecule has 84 valence electrons. The summed E-state index contributed by atoms with van der Waals surface area (Å²) in [6.45, 7) is 0.805. The lowest BCUT2D eigenvalue weighted by molar-refractivity contribution is -0.133. The third-order valence-corrected chi connectivity index (χ3v) is 3.33. The Kier molecular flexibility index (Phi) is 2.32. The molecular weight excluding hydrogens is 194 g/mol. The van der Waals surface area contributed by atoms with Gasteiger partial charge in [-0.2, -0.15) is 0 Å². The maximum Gasteiger partial charge on any atom is 0.236 e. The van der Waals surface area contributed by atoms with Crippen molar-refractivity contribution < 1.29 is 10.0 Å². The molecule has 5 nitrogen and oxygen atoms in total. The first-order chi connectivity index (χ1) is 7.10. The molecule has 2 saturated carbocycles. The van der Waals surface area contributed by atoms with Gasteiger partial charge in [0, 0.05) is 13.6 Å². The van der Waals surface area contributed by atoms with E-state index in [1.807, 2.05) is 0 Å². The number of carbonyl (C=O) groups is 1. The molecular formula is C10H17N3O2. The highest BCUT2D eigenvalue weighted by Gasteiger charge is 2.55. The average Bonchev–Trinajstić information content (AvgIpc) is 3.09. The van der Waals surface area contributed by atoms with Crippen LogP contribution in [0.25, 0.3) is 0 Å². The smallest absolute Gasteiger partial charge is 0.236 e. The van der Waals surface area contributed by atoms with Crippen molar-refractivity contribution >= 4 is 11.7 Å². The van der Waals surface area contributed by atoms with E-state index in [4.69, 9.17) is 10.9 Å². The van der Waals surface area contributed by atoms with Gasteiger partial charge in [-0.25, -0.2) is 0 Å². The number of amidine groups is 1. The second-order valence-electron chi connectivity index (χ2n) is 4.70. The molecule has 2 rings (SSSR count). The number of carbonyl (C=O) groups excluding carboxylic acids is 1. The minimum Gasteiger partial charge on any atom is -0.409 e. The van der Waals surface area contributed by atoms with Crippen LogP contribution in [0.4, 0.5) is 0 Å². The molecule has 0 saturated heterocycles. The van der Waals surface area contributed by atoms with E-state index in [0.29, 0.717) is 18.8 Å². The van der Waals surface area contributed by atoms with Crippen molar-refractivity contribution in [3.8, 4) is 0 Å². The van der Waals surface area contributed by atoms with Crippen LogP contribution in [0.5, 0.6) is 0 Å². The van der Waals surface area contributed by atoms with Crippen LogP contribution >= 0.6 is 0 Å². The van der Waals surface area contributed by atoms with Gasteiger partial charge in [0.25, 0.3) is 0 Å². The van der Waals surface area contributed by atoms with Gasteiger partial charge in [-0.05, 0) is 31.6 Å². The van der Waals surface area contributed by atoms with Crippen molar-refractivity contribution in [3.05, 3.63) is 0 Å². The average molecular weight is 211 g/mol. The van der Waals surface area contributed by atoms with Crippen LogP contribution < -0.4 is 5.73 Å². The molecule has 0 radical (unpaired) electrons. The van der Waals surface area contributed by atoms with Gasteiger partial charge in [0.2, 0.25) is 5.91 Å². The molecule has 3 N–H and O–H groups in total. The van der Waals surface area contributed by atoms with Crippen LogP contribution in [0.15, 0.2) is 5.16 Å². The zero-order chi connectivity index (χ0) is 11.1. The van der Waals surface area contributed by atoms with Crippen molar-refractivity contribution in [1.82, 2.24) is 4.90 Å². The van der Waals surface area contributed by atoms with E-state index in [1.54, 1.807) is 11.9 Å². The largest absolute Gasteiger partial charge is 0.409 e. The second-order valence-corrected chi connectivity index (χ2v) is 4.70. The Morgan fingerprint density at radius 2 is 2.20 bits per heavy atom. The molecule has 5 heteroatoms. The summed E-state index contributed by atoms with van der Waals surface area (Å²) in [5.74, 6) is 0.738. The van der Waals surface area contributed by atoms with Crippen LogP contribution in [0, 0.1) is 11.3 Å². The predicted molar refractivity (Wildman–Crippen MR) is 55.4 cm³/mol. The SMILES string of the molecule is CN(CC1CC1)C(=O)C1(C(N)=NO)CC1. The normalized spacial score (nSPS) is 23.7. The molecule has 0 unspecified atom stereocenters. The standard InChI is InChI=1S/C10H17N3O2/c1-13(6-7-2-3-7)9(14)10(4-5-10)8(11)12-15/h7,15H,2-6H2,1H3,(H2,11,12). The van der Waals surface area contributed by atoms with E-state index in [0.717, 1.165) is 6.54 Å². The minimum absolute atomic E-state index is 0.00435. The van der Waals surface area contributed by atoms with Crippen molar-refractivity contribution in [2.75, 3.05) is 13.6 Å². The zero-order valence-electron chi connectivity index (χ0n) is 8.94. The highest BCUT2D eigenvalue weighted by molar-refractivity contribution is 6.09. The van der Waals surface area contributed by atoms with E-state index < -0.39 is 5.41 Å². The van der Waals surface area contributed by atoms with Gasteiger partial charge < -0.3 is 15.8 Å². The molecule has 2 aliphatic carbocycles. The summed E-state index contributed by atoms with van der Waals surface area (Å²) >= 11 is 0. The van der Waals surface area contributed by atoms with Crippen molar-refractivity contribution in [1.29, 1.82) is 0 Å². The lowest BCUT2D eigenvalue weighted by atomic mass is 10.0. The Bertz CT molecular complexity index is 306. The fourth-order valence-electron chi connectivity index (χ4n) is 1.94. The summed E-state index contributed by atoms with van der Waals surface area (Å²) in [7, 11) is 1.80. The Labute approximate surface area is 88.9 Å². The number of nitrogens with zero attached hydrogens (tertiary/aromatic N) is 2. The Balaban J connectivity index is 1.99. The van der Waals surface area contributed by atoms with Gasteiger partial charge in [0.05, 0.1) is 0 Å². The third-order valence-electron chi connectivity index (χ3n) is 3.33. The van der Waals surface area contributed by atoms with E-state index in [-0.39, 0.29) is 11.7 Å². The number of nitrogens with two attached hydrogens (primary N) is 1. The quantitative estimate of drug-likeness (QED) is 0.305. The van der Waals surface area contributed by atoms with Crippen LogP contribution in [-0.2, 0) is 4.79 Å². The maximum absolute atomic E-state index is 12.0. The van der Waals surface area contributed by atoms with Gasteiger partial charge in [0.1, 0.15) is 5.41 Å². The van der Waals surface area contributed by atoms with Gasteiger partial charge in [-0.3, -0.25) is 4.79 Å². The molecule has 0 aromatic heterocycles. The lowest BCUT2D eigenvalue weighted by Crippen LogP contribution is -2.42. The first-order valence-corrected chi connectivity index (χ1v) is 5.34. The fraction of sp³-hybridized carbons (Fsp3) is 0.800. The van der Waals surface area contributed by atoms with E-state index in [1.165, 1.54) is 12.8 Å². The van der Waals surface area contributed by atoms with Crippen LogP contribution in [0.2, 0.25) is 0 Å². The van der Waals surface area contributed by atoms with Crippen LogP contribution in [0.3, 0.4) is 0 Å². The van der Waals surface area contributed by atoms with Crippen molar-refractivity contribution in [3.63, 3.8) is 0 Å². The second kappa shape index (κ2) is 3.40. The summed E-state index contributed by atoms with van der Waals surface area (Å²) in [5.41, 5.74) is 4.87. The molecule has 2 aliphatic rings. The summed E-state index contributed by atoms with van der Waals surface area (Å²) in [6, 6.07) is 0. The molecule has 2 fully saturated rings. The number of rotatable bonds is 4. The number of oxime groups is 1. The monoisotopic (exact) mass is 211 g/mol. The first-order valence-electron chi connectivity index (χ1n) is 5.34. The van der Waals surface area contributed by atoms with Crippen LogP contribution in [0.1, 0.15) is 25.7 Å². The van der Waals surface area contributed by atoms with E-state index >= 15 is 0 Å².